The summed E-state index contributed by atoms with van der Waals surface area (Å²) in [6.07, 6.45) is 3.33. The first-order valence-electron chi connectivity index (χ1n) is 8.69. The summed E-state index contributed by atoms with van der Waals surface area (Å²) >= 11 is 1.61. The summed E-state index contributed by atoms with van der Waals surface area (Å²) in [4.78, 5) is 18.6. The molecule has 0 fully saturated rings. The van der Waals surface area contributed by atoms with Crippen molar-refractivity contribution in [1.82, 2.24) is 9.88 Å². The van der Waals surface area contributed by atoms with E-state index < -0.39 is 0 Å². The highest BCUT2D eigenvalue weighted by atomic mass is 32.1. The number of nitrogens with zero attached hydrogens (tertiary/aromatic N) is 2. The Morgan fingerprint density at radius 2 is 2.04 bits per heavy atom. The quantitative estimate of drug-likeness (QED) is 0.569. The van der Waals surface area contributed by atoms with Crippen molar-refractivity contribution in [1.29, 1.82) is 0 Å². The van der Waals surface area contributed by atoms with Crippen LogP contribution in [0.2, 0.25) is 0 Å². The van der Waals surface area contributed by atoms with Crippen LogP contribution < -0.4 is 9.47 Å². The molecule has 0 atom stereocenters. The van der Waals surface area contributed by atoms with Crippen molar-refractivity contribution >= 4 is 33.5 Å². The first kappa shape index (κ1) is 18.9. The van der Waals surface area contributed by atoms with E-state index in [9.17, 15) is 4.79 Å². The second-order valence-electron chi connectivity index (χ2n) is 5.95. The van der Waals surface area contributed by atoms with Crippen LogP contribution in [0.1, 0.15) is 17.5 Å². The molecule has 140 valence electrons. The predicted molar refractivity (Wildman–Crippen MR) is 109 cm³/mol. The summed E-state index contributed by atoms with van der Waals surface area (Å²) in [5.74, 6) is 1.26. The topological polar surface area (TPSA) is 51.7 Å². The summed E-state index contributed by atoms with van der Waals surface area (Å²) < 4.78 is 12.0. The van der Waals surface area contributed by atoms with Crippen LogP contribution in [0.3, 0.4) is 0 Å². The maximum absolute atomic E-state index is 12.4. The average molecular weight is 382 g/mol. The van der Waals surface area contributed by atoms with Crippen LogP contribution in [0.15, 0.2) is 48.5 Å². The summed E-state index contributed by atoms with van der Waals surface area (Å²) in [6, 6.07) is 13.6. The van der Waals surface area contributed by atoms with Crippen molar-refractivity contribution in [3.8, 4) is 11.5 Å². The molecule has 1 heterocycles. The number of amides is 1. The Morgan fingerprint density at radius 1 is 1.22 bits per heavy atom. The number of hydrogen-bond acceptors (Lipinski definition) is 5. The highest BCUT2D eigenvalue weighted by molar-refractivity contribution is 7.18. The number of methoxy groups -OCH3 is 1. The highest BCUT2D eigenvalue weighted by Crippen LogP contribution is 2.28. The number of thiazole rings is 1. The van der Waals surface area contributed by atoms with Gasteiger partial charge in [-0.15, -0.1) is 11.3 Å². The first-order chi connectivity index (χ1) is 13.1. The largest absolute Gasteiger partial charge is 0.493 e. The second kappa shape index (κ2) is 8.68. The molecule has 0 radical (unpaired) electrons. The van der Waals surface area contributed by atoms with Gasteiger partial charge in [0.05, 0.1) is 30.5 Å². The fourth-order valence-corrected chi connectivity index (χ4v) is 3.65. The lowest BCUT2D eigenvalue weighted by atomic mass is 10.2. The van der Waals surface area contributed by atoms with Gasteiger partial charge in [-0.2, -0.15) is 0 Å². The lowest BCUT2D eigenvalue weighted by Gasteiger charge is -2.13. The van der Waals surface area contributed by atoms with E-state index in [1.54, 1.807) is 42.5 Å². The van der Waals surface area contributed by atoms with Crippen LogP contribution in [0.4, 0.5) is 0 Å². The molecule has 5 nitrogen and oxygen atoms in total. The standard InChI is InChI=1S/C21H22N2O3S/c1-4-26-17-11-9-15(13-18(17)25-3)10-12-21(24)23(2)14-20-22-16-7-5-6-8-19(16)27-20/h5-13H,4,14H2,1-3H3/b12-10+. The number of fused-ring (bicyclic) bond motifs is 1. The van der Waals surface area contributed by atoms with Crippen LogP contribution in [0.25, 0.3) is 16.3 Å². The SMILES string of the molecule is CCOc1ccc(/C=C/C(=O)N(C)Cc2nc3ccccc3s2)cc1OC. The molecule has 6 heteroatoms. The Hall–Kier alpha value is -2.86. The normalized spacial score (nSPS) is 11.1. The zero-order chi connectivity index (χ0) is 19.2. The van der Waals surface area contributed by atoms with E-state index in [4.69, 9.17) is 9.47 Å². The summed E-state index contributed by atoms with van der Waals surface area (Å²) in [7, 11) is 3.37. The molecule has 3 rings (SSSR count). The van der Waals surface area contributed by atoms with E-state index in [0.717, 1.165) is 20.8 Å². The summed E-state index contributed by atoms with van der Waals surface area (Å²) in [6.45, 7) is 2.98. The number of carbonyl (C=O) groups excluding carboxylic acids is 1. The molecular formula is C21H22N2O3S. The van der Waals surface area contributed by atoms with E-state index in [2.05, 4.69) is 4.98 Å². The smallest absolute Gasteiger partial charge is 0.246 e. The molecule has 0 unspecified atom stereocenters. The van der Waals surface area contributed by atoms with E-state index in [1.165, 1.54) is 0 Å². The lowest BCUT2D eigenvalue weighted by Crippen LogP contribution is -2.23. The molecule has 0 aliphatic rings. The number of aromatic nitrogens is 1. The van der Waals surface area contributed by atoms with Gasteiger partial charge in [0, 0.05) is 13.1 Å². The highest BCUT2D eigenvalue weighted by Gasteiger charge is 2.10. The van der Waals surface area contributed by atoms with Crippen molar-refractivity contribution in [3.63, 3.8) is 0 Å². The predicted octanol–water partition coefficient (Wildman–Crippen LogP) is 4.38. The van der Waals surface area contributed by atoms with Crippen LogP contribution in [-0.4, -0.2) is 36.6 Å². The number of benzene rings is 2. The third kappa shape index (κ3) is 4.65. The van der Waals surface area contributed by atoms with E-state index in [1.807, 2.05) is 49.4 Å². The van der Waals surface area contributed by atoms with Crippen molar-refractivity contribution in [2.75, 3.05) is 20.8 Å². The Kier molecular flexibility index (Phi) is 6.08. The number of carbonyl (C=O) groups is 1. The molecule has 0 aliphatic carbocycles. The van der Waals surface area contributed by atoms with Crippen LogP contribution >= 0.6 is 11.3 Å². The zero-order valence-electron chi connectivity index (χ0n) is 15.6. The molecule has 27 heavy (non-hydrogen) atoms. The molecule has 2 aromatic carbocycles. The fraction of sp³-hybridized carbons (Fsp3) is 0.238. The minimum atomic E-state index is -0.0814. The molecule has 3 aromatic rings. The number of likely N-dealkylation sites (N-methyl/N-ethyl adjacent to an activating group) is 1. The third-order valence-electron chi connectivity index (χ3n) is 3.99. The molecule has 0 saturated carbocycles. The average Bonchev–Trinajstić information content (AvgIpc) is 3.09. The second-order valence-corrected chi connectivity index (χ2v) is 7.06. The van der Waals surface area contributed by atoms with Crippen molar-refractivity contribution in [2.24, 2.45) is 0 Å². The fourth-order valence-electron chi connectivity index (χ4n) is 2.63. The van der Waals surface area contributed by atoms with Gasteiger partial charge in [-0.25, -0.2) is 4.98 Å². The van der Waals surface area contributed by atoms with Crippen LogP contribution in [0, 0.1) is 0 Å². The number of hydrogen-bond donors (Lipinski definition) is 0. The van der Waals surface area contributed by atoms with Gasteiger partial charge >= 0.3 is 0 Å². The number of para-hydroxylation sites is 1. The van der Waals surface area contributed by atoms with Crippen LogP contribution in [-0.2, 0) is 11.3 Å². The Morgan fingerprint density at radius 3 is 2.78 bits per heavy atom. The maximum Gasteiger partial charge on any atom is 0.246 e. The van der Waals surface area contributed by atoms with Gasteiger partial charge in [0.2, 0.25) is 5.91 Å². The summed E-state index contributed by atoms with van der Waals surface area (Å²) in [5.41, 5.74) is 1.84. The Labute approximate surface area is 162 Å². The van der Waals surface area contributed by atoms with E-state index >= 15 is 0 Å². The van der Waals surface area contributed by atoms with Gasteiger partial charge in [0.15, 0.2) is 11.5 Å². The molecule has 0 bridgehead atoms. The molecule has 0 aliphatic heterocycles. The molecule has 0 N–H and O–H groups in total. The number of ether oxygens (including phenoxy) is 2. The number of rotatable bonds is 7. The minimum Gasteiger partial charge on any atom is -0.493 e. The van der Waals surface area contributed by atoms with Crippen molar-refractivity contribution < 1.29 is 14.3 Å². The van der Waals surface area contributed by atoms with Crippen molar-refractivity contribution in [2.45, 2.75) is 13.5 Å². The first-order valence-corrected chi connectivity index (χ1v) is 9.51. The molecule has 1 aromatic heterocycles. The van der Waals surface area contributed by atoms with Gasteiger partial charge in [-0.05, 0) is 42.8 Å². The molecular weight excluding hydrogens is 360 g/mol. The molecule has 1 amide bonds. The minimum absolute atomic E-state index is 0.0814. The van der Waals surface area contributed by atoms with Gasteiger partial charge in [-0.3, -0.25) is 4.79 Å². The van der Waals surface area contributed by atoms with Gasteiger partial charge in [-0.1, -0.05) is 18.2 Å². The Balaban J connectivity index is 1.66. The molecule has 0 saturated heterocycles. The monoisotopic (exact) mass is 382 g/mol. The maximum atomic E-state index is 12.4. The lowest BCUT2D eigenvalue weighted by molar-refractivity contribution is -0.125. The molecule has 0 spiro atoms. The van der Waals surface area contributed by atoms with Gasteiger partial charge in [0.25, 0.3) is 0 Å². The van der Waals surface area contributed by atoms with Crippen LogP contribution in [0.5, 0.6) is 11.5 Å². The van der Waals surface area contributed by atoms with Crippen molar-refractivity contribution in [3.05, 3.63) is 59.1 Å². The third-order valence-corrected chi connectivity index (χ3v) is 5.01. The zero-order valence-corrected chi connectivity index (χ0v) is 16.5. The summed E-state index contributed by atoms with van der Waals surface area (Å²) in [5, 5.41) is 0.920. The van der Waals surface area contributed by atoms with E-state index in [0.29, 0.717) is 24.7 Å². The van der Waals surface area contributed by atoms with Gasteiger partial charge in [0.1, 0.15) is 5.01 Å². The van der Waals surface area contributed by atoms with E-state index in [-0.39, 0.29) is 5.91 Å². The van der Waals surface area contributed by atoms with Gasteiger partial charge < -0.3 is 14.4 Å². The Bertz CT molecular complexity index is 932.